The van der Waals surface area contributed by atoms with E-state index in [2.05, 4.69) is 46.6 Å². The molecule has 0 radical (unpaired) electrons. The molecule has 3 rings (SSSR count). The predicted octanol–water partition coefficient (Wildman–Crippen LogP) is 8.82. The zero-order valence-corrected chi connectivity index (χ0v) is 28.5. The summed E-state index contributed by atoms with van der Waals surface area (Å²) in [5.74, 6) is -0.473. The van der Waals surface area contributed by atoms with Crippen LogP contribution in [-0.2, 0) is 9.53 Å². The highest BCUT2D eigenvalue weighted by Gasteiger charge is 2.48. The van der Waals surface area contributed by atoms with E-state index in [1.807, 2.05) is 36.1 Å². The first-order valence-corrected chi connectivity index (χ1v) is 16.4. The second kappa shape index (κ2) is 15.5. The van der Waals surface area contributed by atoms with Gasteiger partial charge in [-0.2, -0.15) is 0 Å². The number of hydrogen-bond acceptors (Lipinski definition) is 5. The lowest BCUT2D eigenvalue weighted by Gasteiger charge is -2.41. The minimum atomic E-state index is -0.794. The van der Waals surface area contributed by atoms with Crippen molar-refractivity contribution in [2.24, 2.45) is 10.4 Å². The molecule has 0 spiro atoms. The van der Waals surface area contributed by atoms with E-state index >= 15 is 0 Å². The van der Waals surface area contributed by atoms with Crippen LogP contribution in [0.4, 0.5) is 0 Å². The molecule has 0 N–H and O–H groups in total. The third-order valence-electron chi connectivity index (χ3n) is 7.97. The van der Waals surface area contributed by atoms with Crippen LogP contribution in [0.15, 0.2) is 63.1 Å². The van der Waals surface area contributed by atoms with Gasteiger partial charge in [-0.25, -0.2) is 4.79 Å². The van der Waals surface area contributed by atoms with Crippen LogP contribution in [0.2, 0.25) is 0 Å². The first kappa shape index (κ1) is 35.1. The Kier molecular flexibility index (Phi) is 12.7. The normalized spacial score (nSPS) is 20.0. The van der Waals surface area contributed by atoms with Crippen molar-refractivity contribution in [2.45, 2.75) is 98.2 Å². The monoisotopic (exact) mass is 629 g/mol. The van der Waals surface area contributed by atoms with E-state index in [-0.39, 0.29) is 23.3 Å². The highest BCUT2D eigenvalue weighted by molar-refractivity contribution is 6.48. The van der Waals surface area contributed by atoms with E-state index in [1.54, 1.807) is 18.2 Å². The first-order valence-electron chi connectivity index (χ1n) is 15.6. The molecule has 0 fully saturated rings. The molecule has 2 atom stereocenters. The van der Waals surface area contributed by atoms with Crippen LogP contribution in [0, 0.1) is 5.41 Å². The van der Waals surface area contributed by atoms with Gasteiger partial charge in [0, 0.05) is 35.0 Å². The largest absolute Gasteiger partial charge is 0.462 e. The van der Waals surface area contributed by atoms with Gasteiger partial charge in [-0.1, -0.05) is 82.5 Å². The zero-order chi connectivity index (χ0) is 31.8. The number of amides is 1. The standard InChI is InChI=1S/C35H49Cl2N3O3/c1-8-10-20-39(7)21-19-35(6)38-31(27-23-28(36)15-16-29(37)24-27)32(41)40(35)30(17-18-34(3,4)5)25-11-13-26(14-12-25)33(42)43-22-9-2/h11-15,23-24,30H,8-10,16-22H2,1-7H3. The molecule has 0 aromatic heterocycles. The molecular weight excluding hydrogens is 581 g/mol. The van der Waals surface area contributed by atoms with E-state index in [9.17, 15) is 9.59 Å². The van der Waals surface area contributed by atoms with Gasteiger partial charge in [0.1, 0.15) is 11.4 Å². The molecular formula is C35H49Cl2N3O3. The van der Waals surface area contributed by atoms with Crippen molar-refractivity contribution in [3.05, 3.63) is 69.3 Å². The molecule has 43 heavy (non-hydrogen) atoms. The van der Waals surface area contributed by atoms with Crippen molar-refractivity contribution in [3.8, 4) is 0 Å². The van der Waals surface area contributed by atoms with Crippen LogP contribution < -0.4 is 0 Å². The molecule has 2 aliphatic rings. The number of aliphatic imine (C=N–C) groups is 1. The number of esters is 1. The number of carbonyl (C=O) groups excluding carboxylic acids is 2. The average molecular weight is 631 g/mol. The third kappa shape index (κ3) is 9.79. The number of halogens is 2. The Morgan fingerprint density at radius 3 is 2.44 bits per heavy atom. The zero-order valence-electron chi connectivity index (χ0n) is 27.0. The Hall–Kier alpha value is -2.41. The Morgan fingerprint density at radius 2 is 1.81 bits per heavy atom. The number of benzene rings is 1. The molecule has 0 bridgehead atoms. The Morgan fingerprint density at radius 1 is 1.12 bits per heavy atom. The number of hydrogen-bond donors (Lipinski definition) is 0. The summed E-state index contributed by atoms with van der Waals surface area (Å²) in [7, 11) is 2.12. The molecule has 0 saturated heterocycles. The summed E-state index contributed by atoms with van der Waals surface area (Å²) in [4.78, 5) is 36.5. The number of ether oxygens (including phenoxy) is 1. The maximum atomic E-state index is 14.5. The lowest BCUT2D eigenvalue weighted by Crippen LogP contribution is -2.48. The lowest BCUT2D eigenvalue weighted by molar-refractivity contribution is -0.131. The quantitative estimate of drug-likeness (QED) is 0.193. The summed E-state index contributed by atoms with van der Waals surface area (Å²) < 4.78 is 5.35. The van der Waals surface area contributed by atoms with Crippen molar-refractivity contribution < 1.29 is 14.3 Å². The van der Waals surface area contributed by atoms with Crippen molar-refractivity contribution in [1.82, 2.24) is 9.80 Å². The fourth-order valence-corrected chi connectivity index (χ4v) is 5.79. The molecule has 236 valence electrons. The minimum Gasteiger partial charge on any atom is -0.462 e. The van der Waals surface area contributed by atoms with E-state index in [4.69, 9.17) is 32.9 Å². The van der Waals surface area contributed by atoms with E-state index in [1.165, 1.54) is 0 Å². The molecule has 0 saturated carbocycles. The number of allylic oxidation sites excluding steroid dienone is 5. The van der Waals surface area contributed by atoms with Gasteiger partial charge < -0.3 is 14.5 Å². The Bertz CT molecular complexity index is 1260. The minimum absolute atomic E-state index is 0.0593. The molecule has 1 heterocycles. The molecule has 2 unspecified atom stereocenters. The maximum absolute atomic E-state index is 14.5. The topological polar surface area (TPSA) is 62.2 Å². The number of unbranched alkanes of at least 4 members (excludes halogenated alkanes) is 1. The SMILES string of the molecule is CCCCN(C)CCC1(C)N=C(C2=CC(Cl)=CCC(Cl)=C2)C(=O)N1C(CCC(C)(C)C)c1ccc(C(=O)OCCC)cc1. The van der Waals surface area contributed by atoms with Gasteiger partial charge in [0.15, 0.2) is 0 Å². The second-order valence-corrected chi connectivity index (χ2v) is 14.0. The van der Waals surface area contributed by atoms with Gasteiger partial charge >= 0.3 is 5.97 Å². The highest BCUT2D eigenvalue weighted by atomic mass is 35.5. The van der Waals surface area contributed by atoms with Crippen LogP contribution in [-0.4, -0.2) is 59.8 Å². The average Bonchev–Trinajstić information content (AvgIpc) is 3.09. The Labute approximate surface area is 268 Å². The summed E-state index contributed by atoms with van der Waals surface area (Å²) in [6, 6.07) is 7.26. The van der Waals surface area contributed by atoms with E-state index in [0.717, 1.165) is 50.8 Å². The van der Waals surface area contributed by atoms with Crippen molar-refractivity contribution in [1.29, 1.82) is 0 Å². The lowest BCUT2D eigenvalue weighted by atomic mass is 9.85. The smallest absolute Gasteiger partial charge is 0.338 e. The number of rotatable bonds is 14. The first-order chi connectivity index (χ1) is 20.3. The van der Waals surface area contributed by atoms with Crippen LogP contribution in [0.5, 0.6) is 0 Å². The molecule has 1 aliphatic carbocycles. The predicted molar refractivity (Wildman–Crippen MR) is 179 cm³/mol. The third-order valence-corrected chi connectivity index (χ3v) is 8.50. The fraction of sp³-hybridized carbons (Fsp3) is 0.571. The van der Waals surface area contributed by atoms with Crippen LogP contribution in [0.25, 0.3) is 0 Å². The van der Waals surface area contributed by atoms with Gasteiger partial charge in [-0.15, -0.1) is 0 Å². The number of nitrogens with zero attached hydrogens (tertiary/aromatic N) is 3. The van der Waals surface area contributed by atoms with Gasteiger partial charge in [0.05, 0.1) is 18.2 Å². The van der Waals surface area contributed by atoms with Gasteiger partial charge in [-0.05, 0) is 81.5 Å². The van der Waals surface area contributed by atoms with E-state index in [0.29, 0.717) is 46.4 Å². The molecule has 1 aromatic carbocycles. The van der Waals surface area contributed by atoms with Gasteiger partial charge in [-0.3, -0.25) is 9.79 Å². The molecule has 1 aliphatic heterocycles. The van der Waals surface area contributed by atoms with Crippen LogP contribution in [0.1, 0.15) is 108 Å². The van der Waals surface area contributed by atoms with Crippen LogP contribution >= 0.6 is 23.2 Å². The van der Waals surface area contributed by atoms with E-state index < -0.39 is 5.66 Å². The van der Waals surface area contributed by atoms with Crippen molar-refractivity contribution in [3.63, 3.8) is 0 Å². The summed E-state index contributed by atoms with van der Waals surface area (Å²) in [6.07, 6.45) is 11.3. The summed E-state index contributed by atoms with van der Waals surface area (Å²) in [5.41, 5.74) is 1.74. The summed E-state index contributed by atoms with van der Waals surface area (Å²) >= 11 is 13.0. The molecule has 1 aromatic rings. The van der Waals surface area contributed by atoms with Crippen molar-refractivity contribution in [2.75, 3.05) is 26.7 Å². The maximum Gasteiger partial charge on any atom is 0.338 e. The molecule has 6 nitrogen and oxygen atoms in total. The summed E-state index contributed by atoms with van der Waals surface area (Å²) in [6.45, 7) is 15.0. The van der Waals surface area contributed by atoms with Crippen molar-refractivity contribution >= 4 is 40.8 Å². The molecule has 8 heteroatoms. The number of carbonyl (C=O) groups is 2. The van der Waals surface area contributed by atoms with Crippen LogP contribution in [0.3, 0.4) is 0 Å². The Balaban J connectivity index is 2.07. The van der Waals surface area contributed by atoms with Gasteiger partial charge in [0.25, 0.3) is 5.91 Å². The molecule has 1 amide bonds. The summed E-state index contributed by atoms with van der Waals surface area (Å²) in [5, 5.41) is 1.14. The van der Waals surface area contributed by atoms with Gasteiger partial charge in [0.2, 0.25) is 0 Å². The second-order valence-electron chi connectivity index (χ2n) is 13.1. The highest BCUT2D eigenvalue weighted by Crippen LogP contribution is 2.42. The fourth-order valence-electron chi connectivity index (χ4n) is 5.40.